The Kier molecular flexibility index (Phi) is 7.98. The van der Waals surface area contributed by atoms with E-state index in [0.717, 1.165) is 16.7 Å². The number of alkyl carbamates (subject to hydrolysis) is 1. The Morgan fingerprint density at radius 2 is 1.60 bits per heavy atom. The average Bonchev–Trinajstić information content (AvgIpc) is 2.63. The van der Waals surface area contributed by atoms with E-state index in [1.54, 1.807) is 32.9 Å². The van der Waals surface area contributed by atoms with Gasteiger partial charge in [0.15, 0.2) is 0 Å². The van der Waals surface area contributed by atoms with Gasteiger partial charge in [0.05, 0.1) is 6.42 Å². The Balaban J connectivity index is 1.80. The van der Waals surface area contributed by atoms with Gasteiger partial charge in [0, 0.05) is 12.2 Å². The van der Waals surface area contributed by atoms with E-state index in [1.807, 2.05) is 43.3 Å². The number of benzene rings is 2. The van der Waals surface area contributed by atoms with Crippen LogP contribution in [-0.4, -0.2) is 30.1 Å². The summed E-state index contributed by atoms with van der Waals surface area (Å²) in [5.41, 5.74) is 2.93. The van der Waals surface area contributed by atoms with Crippen molar-refractivity contribution in [1.82, 2.24) is 10.6 Å². The lowest BCUT2D eigenvalue weighted by molar-refractivity contribution is -0.120. The zero-order chi connectivity index (χ0) is 22.1. The molecule has 3 N–H and O–H groups in total. The van der Waals surface area contributed by atoms with Crippen LogP contribution in [0.5, 0.6) is 0 Å². The van der Waals surface area contributed by atoms with Gasteiger partial charge in [0.25, 0.3) is 0 Å². The summed E-state index contributed by atoms with van der Waals surface area (Å²) in [5, 5.41) is 8.01. The maximum atomic E-state index is 12.3. The molecule has 0 fully saturated rings. The molecule has 2 aromatic rings. The minimum Gasteiger partial charge on any atom is -0.444 e. The van der Waals surface area contributed by atoms with E-state index in [4.69, 9.17) is 4.74 Å². The lowest BCUT2D eigenvalue weighted by Crippen LogP contribution is -2.39. The molecule has 0 saturated heterocycles. The zero-order valence-corrected chi connectivity index (χ0v) is 17.9. The zero-order valence-electron chi connectivity index (χ0n) is 17.9. The Labute approximate surface area is 177 Å². The first-order valence-electron chi connectivity index (χ1n) is 9.78. The van der Waals surface area contributed by atoms with Gasteiger partial charge in [0.2, 0.25) is 11.8 Å². The van der Waals surface area contributed by atoms with Gasteiger partial charge < -0.3 is 20.7 Å². The molecule has 0 unspecified atom stereocenters. The van der Waals surface area contributed by atoms with E-state index in [2.05, 4.69) is 16.0 Å². The van der Waals surface area contributed by atoms with Crippen LogP contribution in [0.25, 0.3) is 0 Å². The molecular weight excluding hydrogens is 382 g/mol. The summed E-state index contributed by atoms with van der Waals surface area (Å²) in [6, 6.07) is 15.1. The molecule has 0 aliphatic rings. The van der Waals surface area contributed by atoms with E-state index in [9.17, 15) is 14.4 Å². The number of anilines is 1. The van der Waals surface area contributed by atoms with Crippen LogP contribution >= 0.6 is 0 Å². The Morgan fingerprint density at radius 1 is 0.900 bits per heavy atom. The van der Waals surface area contributed by atoms with Crippen molar-refractivity contribution in [3.8, 4) is 0 Å². The Morgan fingerprint density at radius 3 is 2.30 bits per heavy atom. The molecule has 7 nitrogen and oxygen atoms in total. The number of hydrogen-bond donors (Lipinski definition) is 3. The van der Waals surface area contributed by atoms with Crippen LogP contribution in [0.4, 0.5) is 10.5 Å². The van der Waals surface area contributed by atoms with Gasteiger partial charge in [-0.05, 0) is 51.0 Å². The Bertz CT molecular complexity index is 903. The molecular formula is C23H29N3O4. The quantitative estimate of drug-likeness (QED) is 0.651. The lowest BCUT2D eigenvalue weighted by Gasteiger charge is -2.19. The number of amides is 3. The fourth-order valence-corrected chi connectivity index (χ4v) is 2.70. The number of ether oxygens (including phenoxy) is 1. The molecule has 0 spiro atoms. The molecule has 2 aromatic carbocycles. The summed E-state index contributed by atoms with van der Waals surface area (Å²) < 4.78 is 5.08. The SMILES string of the molecule is Cc1cccc(CC(=O)Nc2cccc(CNC(=O)CNC(=O)OC(C)(C)C)c2)c1. The van der Waals surface area contributed by atoms with Gasteiger partial charge >= 0.3 is 6.09 Å². The highest BCUT2D eigenvalue weighted by atomic mass is 16.6. The monoisotopic (exact) mass is 411 g/mol. The maximum Gasteiger partial charge on any atom is 0.408 e. The van der Waals surface area contributed by atoms with Gasteiger partial charge in [-0.25, -0.2) is 4.79 Å². The average molecular weight is 412 g/mol. The first kappa shape index (κ1) is 22.9. The first-order valence-corrected chi connectivity index (χ1v) is 9.78. The second-order valence-electron chi connectivity index (χ2n) is 8.05. The molecule has 0 bridgehead atoms. The minimum absolute atomic E-state index is 0.108. The minimum atomic E-state index is -0.643. The second kappa shape index (κ2) is 10.4. The number of aryl methyl sites for hydroxylation is 1. The molecule has 0 aliphatic heterocycles. The van der Waals surface area contributed by atoms with Crippen molar-refractivity contribution in [2.45, 2.75) is 46.3 Å². The highest BCUT2D eigenvalue weighted by molar-refractivity contribution is 5.92. The molecule has 2 rings (SSSR count). The van der Waals surface area contributed by atoms with Crippen molar-refractivity contribution >= 4 is 23.6 Å². The standard InChI is InChI=1S/C23H29N3O4/c1-16-7-5-8-17(11-16)13-20(27)26-19-10-6-9-18(12-19)14-24-21(28)15-25-22(29)30-23(2,3)4/h5-12H,13-15H2,1-4H3,(H,24,28)(H,25,29)(H,26,27). The second-order valence-corrected chi connectivity index (χ2v) is 8.05. The van der Waals surface area contributed by atoms with Crippen molar-refractivity contribution in [3.05, 3.63) is 65.2 Å². The molecule has 0 aliphatic carbocycles. The topological polar surface area (TPSA) is 96.5 Å². The van der Waals surface area contributed by atoms with E-state index in [1.165, 1.54) is 0 Å². The van der Waals surface area contributed by atoms with E-state index < -0.39 is 11.7 Å². The highest BCUT2D eigenvalue weighted by Crippen LogP contribution is 2.12. The van der Waals surface area contributed by atoms with Crippen molar-refractivity contribution in [1.29, 1.82) is 0 Å². The largest absolute Gasteiger partial charge is 0.444 e. The fraction of sp³-hybridized carbons (Fsp3) is 0.348. The summed E-state index contributed by atoms with van der Waals surface area (Å²) >= 11 is 0. The summed E-state index contributed by atoms with van der Waals surface area (Å²) in [6.07, 6.45) is -0.352. The van der Waals surface area contributed by atoms with E-state index in [-0.39, 0.29) is 24.9 Å². The third-order valence-corrected chi connectivity index (χ3v) is 3.94. The molecule has 7 heteroatoms. The van der Waals surface area contributed by atoms with Crippen molar-refractivity contribution < 1.29 is 19.1 Å². The van der Waals surface area contributed by atoms with Crippen LogP contribution < -0.4 is 16.0 Å². The number of hydrogen-bond acceptors (Lipinski definition) is 4. The van der Waals surface area contributed by atoms with Crippen LogP contribution in [-0.2, 0) is 27.3 Å². The first-order chi connectivity index (χ1) is 14.1. The predicted molar refractivity (Wildman–Crippen MR) is 116 cm³/mol. The summed E-state index contributed by atoms with van der Waals surface area (Å²) in [7, 11) is 0. The van der Waals surface area contributed by atoms with Gasteiger partial charge in [0.1, 0.15) is 12.1 Å². The van der Waals surface area contributed by atoms with Crippen LogP contribution in [0.15, 0.2) is 48.5 Å². The smallest absolute Gasteiger partial charge is 0.408 e. The maximum absolute atomic E-state index is 12.3. The van der Waals surface area contributed by atoms with Crippen molar-refractivity contribution in [2.75, 3.05) is 11.9 Å². The number of carbonyl (C=O) groups is 3. The number of nitrogens with one attached hydrogen (secondary N) is 3. The van der Waals surface area contributed by atoms with Crippen LogP contribution in [0.2, 0.25) is 0 Å². The molecule has 3 amide bonds. The Hall–Kier alpha value is -3.35. The molecule has 0 radical (unpaired) electrons. The summed E-state index contributed by atoms with van der Waals surface area (Å²) in [5.74, 6) is -0.446. The predicted octanol–water partition coefficient (Wildman–Crippen LogP) is 3.32. The lowest BCUT2D eigenvalue weighted by atomic mass is 10.1. The summed E-state index contributed by atoms with van der Waals surface area (Å²) in [6.45, 7) is 7.33. The molecule has 0 atom stereocenters. The third kappa shape index (κ3) is 8.77. The van der Waals surface area contributed by atoms with Gasteiger partial charge in [-0.2, -0.15) is 0 Å². The van der Waals surface area contributed by atoms with Crippen molar-refractivity contribution in [3.63, 3.8) is 0 Å². The molecule has 160 valence electrons. The number of carbonyl (C=O) groups excluding carboxylic acids is 3. The van der Waals surface area contributed by atoms with Crippen LogP contribution in [0.1, 0.15) is 37.5 Å². The fourth-order valence-electron chi connectivity index (χ4n) is 2.70. The molecule has 0 aromatic heterocycles. The van der Waals surface area contributed by atoms with Crippen molar-refractivity contribution in [2.24, 2.45) is 0 Å². The normalized spacial score (nSPS) is 10.8. The van der Waals surface area contributed by atoms with Gasteiger partial charge in [-0.15, -0.1) is 0 Å². The van der Waals surface area contributed by atoms with Gasteiger partial charge in [-0.3, -0.25) is 9.59 Å². The van der Waals surface area contributed by atoms with E-state index in [0.29, 0.717) is 12.1 Å². The molecule has 0 saturated carbocycles. The molecule has 0 heterocycles. The third-order valence-electron chi connectivity index (χ3n) is 3.94. The van der Waals surface area contributed by atoms with Gasteiger partial charge in [-0.1, -0.05) is 42.0 Å². The highest BCUT2D eigenvalue weighted by Gasteiger charge is 2.16. The van der Waals surface area contributed by atoms with Crippen LogP contribution in [0.3, 0.4) is 0 Å². The van der Waals surface area contributed by atoms with Crippen LogP contribution in [0, 0.1) is 6.92 Å². The number of rotatable bonds is 7. The van der Waals surface area contributed by atoms with E-state index >= 15 is 0 Å². The summed E-state index contributed by atoms with van der Waals surface area (Å²) in [4.78, 5) is 35.8. The molecule has 30 heavy (non-hydrogen) atoms.